The fourth-order valence-electron chi connectivity index (χ4n) is 5.96. The summed E-state index contributed by atoms with van der Waals surface area (Å²) >= 11 is 0. The number of rotatable bonds is 16. The molecular formula is C32H49N3O7. The number of esters is 2. The third-order valence-corrected chi connectivity index (χ3v) is 8.27. The van der Waals surface area contributed by atoms with Gasteiger partial charge in [0, 0.05) is 13.1 Å². The molecule has 3 atom stereocenters. The second kappa shape index (κ2) is 18.4. The Balaban J connectivity index is 1.58. The second-order valence-electron chi connectivity index (χ2n) is 11.3. The van der Waals surface area contributed by atoms with Gasteiger partial charge >= 0.3 is 18.0 Å². The molecule has 2 amide bonds. The molecule has 3 rings (SSSR count). The van der Waals surface area contributed by atoms with E-state index >= 15 is 0 Å². The minimum Gasteiger partial charge on any atom is -0.467 e. The molecule has 0 unspecified atom stereocenters. The molecule has 2 aliphatic rings. The van der Waals surface area contributed by atoms with Crippen molar-refractivity contribution in [3.8, 4) is 0 Å². The number of hydrogen-bond donors (Lipinski definition) is 2. The highest BCUT2D eigenvalue weighted by Gasteiger charge is 2.39. The number of unbranched alkanes of at least 4 members (excludes halogenated alkanes) is 1. The zero-order valence-corrected chi connectivity index (χ0v) is 25.3. The summed E-state index contributed by atoms with van der Waals surface area (Å²) in [5.74, 6) is -0.385. The Kier molecular flexibility index (Phi) is 14.6. The Bertz CT molecular complexity index is 984. The molecule has 2 N–H and O–H groups in total. The lowest BCUT2D eigenvalue weighted by Crippen LogP contribution is -2.54. The molecule has 234 valence electrons. The first kappa shape index (κ1) is 33.4. The molecule has 42 heavy (non-hydrogen) atoms. The number of ether oxygens (including phenoxy) is 3. The molecule has 1 heterocycles. The molecule has 1 aromatic carbocycles. The highest BCUT2D eigenvalue weighted by atomic mass is 16.5. The molecule has 1 saturated carbocycles. The molecule has 1 aliphatic heterocycles. The van der Waals surface area contributed by atoms with Crippen LogP contribution in [0.2, 0.25) is 0 Å². The highest BCUT2D eigenvalue weighted by Crippen LogP contribution is 2.28. The Hall–Kier alpha value is -3.14. The minimum atomic E-state index is -0.666. The van der Waals surface area contributed by atoms with Gasteiger partial charge in [-0.05, 0) is 63.4 Å². The van der Waals surface area contributed by atoms with Crippen molar-refractivity contribution in [3.05, 3.63) is 35.9 Å². The fraction of sp³-hybridized carbons (Fsp3) is 0.688. The van der Waals surface area contributed by atoms with Crippen molar-refractivity contribution >= 4 is 23.9 Å². The van der Waals surface area contributed by atoms with Crippen molar-refractivity contribution < 1.29 is 33.4 Å². The van der Waals surface area contributed by atoms with Gasteiger partial charge in [0.05, 0.1) is 19.8 Å². The van der Waals surface area contributed by atoms with Gasteiger partial charge in [0.15, 0.2) is 0 Å². The van der Waals surface area contributed by atoms with Gasteiger partial charge < -0.3 is 24.4 Å². The summed E-state index contributed by atoms with van der Waals surface area (Å²) in [6.45, 7) is 3.10. The van der Waals surface area contributed by atoms with Gasteiger partial charge in [-0.1, -0.05) is 62.4 Å². The summed E-state index contributed by atoms with van der Waals surface area (Å²) in [5.41, 5.74) is 0.909. The number of nitrogens with zero attached hydrogens (tertiary/aromatic N) is 1. The average molecular weight is 588 g/mol. The molecule has 1 saturated heterocycles. The monoisotopic (exact) mass is 587 g/mol. The van der Waals surface area contributed by atoms with Crippen LogP contribution in [-0.4, -0.2) is 73.8 Å². The van der Waals surface area contributed by atoms with Crippen molar-refractivity contribution in [1.82, 2.24) is 15.5 Å². The van der Waals surface area contributed by atoms with Gasteiger partial charge in [-0.3, -0.25) is 14.9 Å². The lowest BCUT2D eigenvalue weighted by atomic mass is 9.85. The highest BCUT2D eigenvalue weighted by molar-refractivity contribution is 5.88. The van der Waals surface area contributed by atoms with E-state index in [1.54, 1.807) is 11.8 Å². The van der Waals surface area contributed by atoms with Gasteiger partial charge in [-0.2, -0.15) is 0 Å². The number of alkyl carbamates (subject to hydrolysis) is 1. The van der Waals surface area contributed by atoms with E-state index in [0.717, 1.165) is 18.4 Å². The maximum atomic E-state index is 13.8. The number of hydrogen-bond acceptors (Lipinski definition) is 8. The second-order valence-corrected chi connectivity index (χ2v) is 11.3. The topological polar surface area (TPSA) is 123 Å². The van der Waals surface area contributed by atoms with E-state index in [2.05, 4.69) is 10.6 Å². The molecule has 10 heteroatoms. The van der Waals surface area contributed by atoms with E-state index < -0.39 is 30.2 Å². The van der Waals surface area contributed by atoms with Crippen molar-refractivity contribution in [1.29, 1.82) is 0 Å². The molecule has 0 aromatic heterocycles. The van der Waals surface area contributed by atoms with Gasteiger partial charge in [-0.25, -0.2) is 9.59 Å². The van der Waals surface area contributed by atoms with Crippen molar-refractivity contribution in [2.45, 2.75) is 109 Å². The smallest absolute Gasteiger partial charge is 0.407 e. The van der Waals surface area contributed by atoms with Crippen LogP contribution in [-0.2, 0) is 35.2 Å². The summed E-state index contributed by atoms with van der Waals surface area (Å²) in [6.07, 6.45) is 10.0. The Morgan fingerprint density at radius 2 is 1.69 bits per heavy atom. The summed E-state index contributed by atoms with van der Waals surface area (Å²) in [6, 6.07) is 7.58. The summed E-state index contributed by atoms with van der Waals surface area (Å²) < 4.78 is 15.6. The quantitative estimate of drug-likeness (QED) is 0.165. The minimum absolute atomic E-state index is 0.195. The maximum absolute atomic E-state index is 13.8. The van der Waals surface area contributed by atoms with Crippen LogP contribution in [0.1, 0.15) is 89.5 Å². The summed E-state index contributed by atoms with van der Waals surface area (Å²) in [5, 5.41) is 6.10. The number of carbonyl (C=O) groups excluding carboxylic acids is 4. The van der Waals surface area contributed by atoms with Crippen LogP contribution >= 0.6 is 0 Å². The lowest BCUT2D eigenvalue weighted by Gasteiger charge is -2.31. The fourth-order valence-corrected chi connectivity index (χ4v) is 5.96. The molecule has 1 aliphatic carbocycles. The van der Waals surface area contributed by atoms with Gasteiger partial charge in [0.2, 0.25) is 5.91 Å². The number of nitrogens with one attached hydrogen (secondary N) is 2. The van der Waals surface area contributed by atoms with E-state index in [1.165, 1.54) is 39.2 Å². The Morgan fingerprint density at radius 1 is 0.929 bits per heavy atom. The number of likely N-dealkylation sites (tertiary alicyclic amines) is 1. The maximum Gasteiger partial charge on any atom is 0.407 e. The van der Waals surface area contributed by atoms with Crippen LogP contribution in [0.3, 0.4) is 0 Å². The standard InChI is InChI=1S/C32H49N3O7/c1-3-41-30(37)27(20-19-24-13-6-4-7-14-24)34-26(29(36)35-22-12-18-28(35)31(38)40-2)17-10-11-21-33-32(39)42-23-25-15-8-5-9-16-25/h5,8-9,15-16,24,26-28,34H,3-4,6-7,10-14,17-23H2,1-2H3,(H,33,39)/t26-,27-,28-/m0/s1. The Labute approximate surface area is 250 Å². The number of methoxy groups -OCH3 is 1. The number of carbonyl (C=O) groups is 4. The summed E-state index contributed by atoms with van der Waals surface area (Å²) in [4.78, 5) is 52.9. The number of amides is 2. The molecule has 1 aromatic rings. The molecule has 2 fully saturated rings. The van der Waals surface area contributed by atoms with Crippen molar-refractivity contribution in [2.24, 2.45) is 5.92 Å². The average Bonchev–Trinajstić information content (AvgIpc) is 3.51. The largest absolute Gasteiger partial charge is 0.467 e. The van der Waals surface area contributed by atoms with Crippen LogP contribution in [0.15, 0.2) is 30.3 Å². The van der Waals surface area contributed by atoms with Crippen LogP contribution in [0.5, 0.6) is 0 Å². The van der Waals surface area contributed by atoms with Crippen LogP contribution in [0.25, 0.3) is 0 Å². The molecular weight excluding hydrogens is 538 g/mol. The predicted octanol–water partition coefficient (Wildman–Crippen LogP) is 4.50. The zero-order chi connectivity index (χ0) is 30.2. The SMILES string of the molecule is CCOC(=O)[C@H](CCC1CCCCC1)N[C@@H](CCCCNC(=O)OCc1ccccc1)C(=O)N1CCC[C@H]1C(=O)OC. The van der Waals surface area contributed by atoms with Crippen LogP contribution in [0, 0.1) is 5.92 Å². The summed E-state index contributed by atoms with van der Waals surface area (Å²) in [7, 11) is 1.33. The Morgan fingerprint density at radius 3 is 2.40 bits per heavy atom. The van der Waals surface area contributed by atoms with Crippen LogP contribution < -0.4 is 10.6 Å². The molecule has 0 bridgehead atoms. The van der Waals surface area contributed by atoms with Gasteiger partial charge in [0.25, 0.3) is 0 Å². The van der Waals surface area contributed by atoms with Gasteiger partial charge in [-0.15, -0.1) is 0 Å². The zero-order valence-electron chi connectivity index (χ0n) is 25.3. The first-order valence-corrected chi connectivity index (χ1v) is 15.7. The third-order valence-electron chi connectivity index (χ3n) is 8.27. The van der Waals surface area contributed by atoms with E-state index in [9.17, 15) is 19.2 Å². The lowest BCUT2D eigenvalue weighted by molar-refractivity contribution is -0.152. The molecule has 0 spiro atoms. The van der Waals surface area contributed by atoms with E-state index in [0.29, 0.717) is 51.1 Å². The van der Waals surface area contributed by atoms with Gasteiger partial charge in [0.1, 0.15) is 18.7 Å². The van der Waals surface area contributed by atoms with E-state index in [4.69, 9.17) is 14.2 Å². The third kappa shape index (κ3) is 10.9. The van der Waals surface area contributed by atoms with E-state index in [1.807, 2.05) is 30.3 Å². The van der Waals surface area contributed by atoms with Crippen molar-refractivity contribution in [2.75, 3.05) is 26.8 Å². The molecule has 10 nitrogen and oxygen atoms in total. The first-order valence-electron chi connectivity index (χ1n) is 15.7. The van der Waals surface area contributed by atoms with Crippen molar-refractivity contribution in [3.63, 3.8) is 0 Å². The predicted molar refractivity (Wildman–Crippen MR) is 158 cm³/mol. The van der Waals surface area contributed by atoms with E-state index in [-0.39, 0.29) is 25.1 Å². The first-order chi connectivity index (χ1) is 20.4. The van der Waals surface area contributed by atoms with Crippen LogP contribution in [0.4, 0.5) is 4.79 Å². The number of benzene rings is 1. The molecule has 0 radical (unpaired) electrons. The normalized spacial score (nSPS) is 18.6.